The van der Waals surface area contributed by atoms with Gasteiger partial charge in [0.2, 0.25) is 0 Å². The molecule has 0 saturated carbocycles. The van der Waals surface area contributed by atoms with E-state index in [0.29, 0.717) is 22.8 Å². The second kappa shape index (κ2) is 8.19. The second-order valence-electron chi connectivity index (χ2n) is 6.51. The number of aromatic nitrogens is 3. The lowest BCUT2D eigenvalue weighted by atomic mass is 10.1. The molecule has 10 nitrogen and oxygen atoms in total. The van der Waals surface area contributed by atoms with Crippen LogP contribution < -0.4 is 26.1 Å². The van der Waals surface area contributed by atoms with Crippen molar-refractivity contribution in [3.05, 3.63) is 61.9 Å². The first-order valence-corrected chi connectivity index (χ1v) is 8.91. The predicted octanol–water partition coefficient (Wildman–Crippen LogP) is 0.722. The van der Waals surface area contributed by atoms with Crippen LogP contribution in [-0.4, -0.2) is 40.5 Å². The van der Waals surface area contributed by atoms with Crippen molar-refractivity contribution in [2.24, 2.45) is 19.2 Å². The summed E-state index contributed by atoms with van der Waals surface area (Å²) in [6.45, 7) is 1.62. The van der Waals surface area contributed by atoms with Gasteiger partial charge >= 0.3 is 5.69 Å². The van der Waals surface area contributed by atoms with Crippen LogP contribution in [0.4, 0.5) is 0 Å². The highest BCUT2D eigenvalue weighted by molar-refractivity contribution is 5.98. The van der Waals surface area contributed by atoms with E-state index in [4.69, 9.17) is 9.47 Å². The van der Waals surface area contributed by atoms with Crippen LogP contribution in [0.25, 0.3) is 11.0 Å². The average molecular weight is 411 g/mol. The van der Waals surface area contributed by atoms with Gasteiger partial charge in [0.15, 0.2) is 11.5 Å². The number of nitrogens with one attached hydrogen (secondary N) is 1. The average Bonchev–Trinajstić information content (AvgIpc) is 2.75. The summed E-state index contributed by atoms with van der Waals surface area (Å²) >= 11 is 0. The van der Waals surface area contributed by atoms with Gasteiger partial charge in [0.25, 0.3) is 11.5 Å². The molecular formula is C20H21N5O5. The number of amides is 1. The van der Waals surface area contributed by atoms with Crippen molar-refractivity contribution in [1.82, 2.24) is 19.5 Å². The van der Waals surface area contributed by atoms with Gasteiger partial charge in [-0.25, -0.2) is 15.2 Å². The van der Waals surface area contributed by atoms with Gasteiger partial charge in [0, 0.05) is 14.1 Å². The number of aryl methyl sites for hydroxylation is 2. The van der Waals surface area contributed by atoms with Crippen molar-refractivity contribution in [3.63, 3.8) is 0 Å². The number of hydrogen-bond acceptors (Lipinski definition) is 7. The first kappa shape index (κ1) is 20.8. The zero-order valence-corrected chi connectivity index (χ0v) is 17.2. The number of hydrogen-bond donors (Lipinski definition) is 1. The summed E-state index contributed by atoms with van der Waals surface area (Å²) < 4.78 is 12.6. The number of ether oxygens (including phenoxy) is 2. The number of pyridine rings is 1. The molecule has 1 N–H and O–H groups in total. The lowest BCUT2D eigenvalue weighted by molar-refractivity contribution is 0.0954. The maximum atomic E-state index is 12.6. The maximum absolute atomic E-state index is 12.6. The van der Waals surface area contributed by atoms with E-state index in [1.807, 2.05) is 0 Å². The fraction of sp³-hybridized carbons (Fsp3) is 0.250. The molecule has 3 rings (SSSR count). The lowest BCUT2D eigenvalue weighted by Crippen LogP contribution is -2.37. The Labute approximate surface area is 171 Å². The Bertz CT molecular complexity index is 1290. The van der Waals surface area contributed by atoms with Crippen molar-refractivity contribution < 1.29 is 14.3 Å². The van der Waals surface area contributed by atoms with Gasteiger partial charge in [-0.15, -0.1) is 0 Å². The molecule has 1 amide bonds. The molecule has 0 fully saturated rings. The molecule has 0 aliphatic rings. The van der Waals surface area contributed by atoms with E-state index in [0.717, 1.165) is 4.57 Å². The van der Waals surface area contributed by atoms with Crippen LogP contribution in [0, 0.1) is 6.92 Å². The molecule has 0 saturated heterocycles. The van der Waals surface area contributed by atoms with Gasteiger partial charge in [0.05, 0.1) is 37.1 Å². The molecule has 0 radical (unpaired) electrons. The highest BCUT2D eigenvalue weighted by Gasteiger charge is 2.16. The van der Waals surface area contributed by atoms with E-state index in [9.17, 15) is 14.4 Å². The zero-order valence-electron chi connectivity index (χ0n) is 17.2. The summed E-state index contributed by atoms with van der Waals surface area (Å²) in [6.07, 6.45) is 1.45. The van der Waals surface area contributed by atoms with Crippen LogP contribution >= 0.6 is 0 Å². The van der Waals surface area contributed by atoms with E-state index in [1.165, 1.54) is 45.2 Å². The van der Waals surface area contributed by atoms with Crippen LogP contribution in [0.3, 0.4) is 0 Å². The number of nitrogens with zero attached hydrogens (tertiary/aromatic N) is 4. The monoisotopic (exact) mass is 411 g/mol. The summed E-state index contributed by atoms with van der Waals surface area (Å²) in [5.41, 5.74) is 2.85. The summed E-state index contributed by atoms with van der Waals surface area (Å²) in [5, 5.41) is 4.12. The Morgan fingerprint density at radius 2 is 1.80 bits per heavy atom. The summed E-state index contributed by atoms with van der Waals surface area (Å²) in [5.74, 6) is 0.575. The van der Waals surface area contributed by atoms with Crippen molar-refractivity contribution in [3.8, 4) is 11.5 Å². The molecular weight excluding hydrogens is 390 g/mol. The summed E-state index contributed by atoms with van der Waals surface area (Å²) in [4.78, 5) is 41.3. The van der Waals surface area contributed by atoms with Gasteiger partial charge in [-0.05, 0) is 36.8 Å². The Morgan fingerprint density at radius 1 is 1.10 bits per heavy atom. The van der Waals surface area contributed by atoms with E-state index < -0.39 is 17.2 Å². The Balaban J connectivity index is 1.90. The molecule has 0 atom stereocenters. The minimum absolute atomic E-state index is 0.166. The number of benzene rings is 1. The molecule has 10 heteroatoms. The highest BCUT2D eigenvalue weighted by atomic mass is 16.5. The van der Waals surface area contributed by atoms with Crippen LogP contribution in [0.15, 0.2) is 39.0 Å². The molecule has 0 unspecified atom stereocenters. The van der Waals surface area contributed by atoms with Crippen LogP contribution in [0.1, 0.15) is 21.6 Å². The zero-order chi connectivity index (χ0) is 22.0. The second-order valence-corrected chi connectivity index (χ2v) is 6.51. The first-order valence-electron chi connectivity index (χ1n) is 8.91. The molecule has 0 aliphatic heterocycles. The van der Waals surface area contributed by atoms with Crippen LogP contribution in [-0.2, 0) is 14.1 Å². The standard InChI is InChI=1S/C20H21N5O5/c1-11-13(9-14-17(22-11)24(2)20(28)25(3)19(14)27)18(26)23-21-10-12-6-7-15(29-4)16(8-12)30-5/h6-10H,1-5H3,(H,23,26)/b21-10+. The van der Waals surface area contributed by atoms with E-state index in [-0.39, 0.29) is 16.6 Å². The third kappa shape index (κ3) is 3.66. The minimum atomic E-state index is -0.533. The van der Waals surface area contributed by atoms with Crippen molar-refractivity contribution >= 4 is 23.2 Å². The Hall–Kier alpha value is -3.95. The largest absolute Gasteiger partial charge is 0.493 e. The fourth-order valence-electron chi connectivity index (χ4n) is 2.98. The van der Waals surface area contributed by atoms with Gasteiger partial charge in [-0.1, -0.05) is 0 Å². The Kier molecular flexibility index (Phi) is 5.67. The number of methoxy groups -OCH3 is 2. The summed E-state index contributed by atoms with van der Waals surface area (Å²) in [7, 11) is 5.95. The predicted molar refractivity (Wildman–Crippen MR) is 112 cm³/mol. The SMILES string of the molecule is COc1ccc(/C=N/NC(=O)c2cc3c(=O)n(C)c(=O)n(C)c3nc2C)cc1OC. The topological polar surface area (TPSA) is 117 Å². The van der Waals surface area contributed by atoms with Gasteiger partial charge in [-0.2, -0.15) is 5.10 Å². The third-order valence-electron chi connectivity index (χ3n) is 4.65. The van der Waals surface area contributed by atoms with E-state index in [2.05, 4.69) is 15.5 Å². The fourth-order valence-corrected chi connectivity index (χ4v) is 2.98. The number of fused-ring (bicyclic) bond motifs is 1. The molecule has 3 aromatic rings. The molecule has 0 bridgehead atoms. The third-order valence-corrected chi connectivity index (χ3v) is 4.65. The summed E-state index contributed by atoms with van der Waals surface area (Å²) in [6, 6.07) is 6.60. The molecule has 0 spiro atoms. The van der Waals surface area contributed by atoms with Crippen LogP contribution in [0.2, 0.25) is 0 Å². The first-order chi connectivity index (χ1) is 14.3. The number of carbonyl (C=O) groups excluding carboxylic acids is 1. The van der Waals surface area contributed by atoms with Crippen LogP contribution in [0.5, 0.6) is 11.5 Å². The molecule has 2 aromatic heterocycles. The minimum Gasteiger partial charge on any atom is -0.493 e. The molecule has 2 heterocycles. The Morgan fingerprint density at radius 3 is 2.47 bits per heavy atom. The number of rotatable bonds is 5. The van der Waals surface area contributed by atoms with Crippen molar-refractivity contribution in [1.29, 1.82) is 0 Å². The lowest BCUT2D eigenvalue weighted by Gasteiger charge is -2.10. The van der Waals surface area contributed by atoms with Gasteiger partial charge < -0.3 is 9.47 Å². The molecule has 156 valence electrons. The molecule has 30 heavy (non-hydrogen) atoms. The quantitative estimate of drug-likeness (QED) is 0.488. The van der Waals surface area contributed by atoms with Crippen molar-refractivity contribution in [2.45, 2.75) is 6.92 Å². The number of carbonyl (C=O) groups is 1. The molecule has 1 aromatic carbocycles. The normalized spacial score (nSPS) is 11.1. The molecule has 0 aliphatic carbocycles. The maximum Gasteiger partial charge on any atom is 0.332 e. The van der Waals surface area contributed by atoms with E-state index in [1.54, 1.807) is 25.1 Å². The van der Waals surface area contributed by atoms with E-state index >= 15 is 0 Å². The van der Waals surface area contributed by atoms with Gasteiger partial charge in [0.1, 0.15) is 5.65 Å². The smallest absolute Gasteiger partial charge is 0.332 e. The van der Waals surface area contributed by atoms with Crippen molar-refractivity contribution in [2.75, 3.05) is 14.2 Å². The van der Waals surface area contributed by atoms with Gasteiger partial charge in [-0.3, -0.25) is 18.7 Å². The highest BCUT2D eigenvalue weighted by Crippen LogP contribution is 2.26. The number of hydrazone groups is 1.